The van der Waals surface area contributed by atoms with E-state index in [1.165, 1.54) is 7.11 Å². The van der Waals surface area contributed by atoms with Gasteiger partial charge in [-0.1, -0.05) is 6.08 Å². The predicted molar refractivity (Wildman–Crippen MR) is 62.6 cm³/mol. The summed E-state index contributed by atoms with van der Waals surface area (Å²) < 4.78 is 9.40. The lowest BCUT2D eigenvalue weighted by Gasteiger charge is -2.15. The Morgan fingerprint density at radius 3 is 2.88 bits per heavy atom. The van der Waals surface area contributed by atoms with Crippen LogP contribution >= 0.6 is 11.6 Å². The average molecular weight is 260 g/mol. The van der Waals surface area contributed by atoms with Crippen LogP contribution in [0.5, 0.6) is 0 Å². The monoisotopic (exact) mass is 259 g/mol. The molecule has 0 saturated heterocycles. The number of halogens is 1. The van der Waals surface area contributed by atoms with Gasteiger partial charge in [0.2, 0.25) is 0 Å². The zero-order chi connectivity index (χ0) is 12.8. The van der Waals surface area contributed by atoms with Crippen LogP contribution in [0.3, 0.4) is 0 Å². The topological polar surface area (TPSA) is 64.6 Å². The molecule has 0 spiro atoms. The molecule has 1 atom stereocenters. The minimum Gasteiger partial charge on any atom is -0.468 e. The number of methoxy groups -OCH3 is 1. The van der Waals surface area contributed by atoms with Gasteiger partial charge in [-0.25, -0.2) is 4.79 Å². The molecule has 0 heterocycles. The van der Waals surface area contributed by atoms with Crippen LogP contribution in [-0.4, -0.2) is 31.1 Å². The van der Waals surface area contributed by atoms with Gasteiger partial charge in [-0.15, -0.1) is 11.6 Å². The van der Waals surface area contributed by atoms with Crippen molar-refractivity contribution in [3.63, 3.8) is 0 Å². The highest BCUT2D eigenvalue weighted by molar-refractivity contribution is 6.22. The number of ether oxygens (including phenoxy) is 2. The van der Waals surface area contributed by atoms with Crippen LogP contribution in [0, 0.1) is 0 Å². The Hall–Kier alpha value is -1.49. The second kappa shape index (κ2) is 6.30. The van der Waals surface area contributed by atoms with Crippen molar-refractivity contribution in [2.75, 3.05) is 13.7 Å². The second-order valence-corrected chi connectivity index (χ2v) is 4.10. The highest BCUT2D eigenvalue weighted by Gasteiger charge is 2.15. The zero-order valence-electron chi connectivity index (χ0n) is 9.66. The SMILES string of the molecule is COC(=O)CNC(=O)OC1=C(C)C[C@@H](Cl)C=C1. The van der Waals surface area contributed by atoms with Gasteiger partial charge < -0.3 is 14.8 Å². The summed E-state index contributed by atoms with van der Waals surface area (Å²) >= 11 is 5.90. The number of esters is 1. The molecule has 94 valence electrons. The fourth-order valence-electron chi connectivity index (χ4n) is 1.27. The Bertz CT molecular complexity index is 376. The molecule has 0 radical (unpaired) electrons. The van der Waals surface area contributed by atoms with E-state index in [9.17, 15) is 9.59 Å². The van der Waals surface area contributed by atoms with Crippen LogP contribution in [0.4, 0.5) is 4.79 Å². The van der Waals surface area contributed by atoms with E-state index in [-0.39, 0.29) is 11.9 Å². The molecule has 1 aliphatic rings. The van der Waals surface area contributed by atoms with Gasteiger partial charge in [0.25, 0.3) is 0 Å². The third-order valence-electron chi connectivity index (χ3n) is 2.19. The van der Waals surface area contributed by atoms with Crippen molar-refractivity contribution in [3.05, 3.63) is 23.5 Å². The zero-order valence-corrected chi connectivity index (χ0v) is 10.4. The van der Waals surface area contributed by atoms with Gasteiger partial charge in [0.05, 0.1) is 12.5 Å². The number of carbonyl (C=O) groups excluding carboxylic acids is 2. The minimum absolute atomic E-state index is 0.0690. The maximum atomic E-state index is 11.3. The molecule has 0 saturated carbocycles. The van der Waals surface area contributed by atoms with Crippen LogP contribution in [0.2, 0.25) is 0 Å². The van der Waals surface area contributed by atoms with Gasteiger partial charge in [0.1, 0.15) is 12.3 Å². The van der Waals surface area contributed by atoms with Gasteiger partial charge >= 0.3 is 12.1 Å². The molecule has 0 aromatic rings. The van der Waals surface area contributed by atoms with Crippen LogP contribution in [0.25, 0.3) is 0 Å². The molecule has 0 unspecified atom stereocenters. The van der Waals surface area contributed by atoms with Crippen LogP contribution < -0.4 is 5.32 Å². The molecule has 17 heavy (non-hydrogen) atoms. The number of hydrogen-bond acceptors (Lipinski definition) is 4. The molecule has 0 aromatic carbocycles. The Morgan fingerprint density at radius 2 is 2.29 bits per heavy atom. The molecular formula is C11H14ClNO4. The van der Waals surface area contributed by atoms with E-state index in [1.54, 1.807) is 12.2 Å². The summed E-state index contributed by atoms with van der Waals surface area (Å²) in [6.07, 6.45) is 3.34. The van der Waals surface area contributed by atoms with E-state index in [4.69, 9.17) is 16.3 Å². The summed E-state index contributed by atoms with van der Waals surface area (Å²) in [5, 5.41) is 2.21. The first kappa shape index (κ1) is 13.6. The maximum absolute atomic E-state index is 11.3. The number of alkyl halides is 1. The standard InChI is InChI=1S/C11H14ClNO4/c1-7-5-8(12)3-4-9(7)17-11(15)13-6-10(14)16-2/h3-4,8H,5-6H2,1-2H3,(H,13,15)/t8-/m0/s1. The first-order valence-corrected chi connectivity index (χ1v) is 5.51. The second-order valence-electron chi connectivity index (χ2n) is 3.54. The number of alkyl carbamates (subject to hydrolysis) is 1. The van der Waals surface area contributed by atoms with Crippen LogP contribution in [0.15, 0.2) is 23.5 Å². The lowest BCUT2D eigenvalue weighted by atomic mass is 10.1. The molecule has 1 N–H and O–H groups in total. The van der Waals surface area contributed by atoms with Crippen molar-refractivity contribution < 1.29 is 19.1 Å². The summed E-state index contributed by atoms with van der Waals surface area (Å²) in [5.74, 6) is -0.0723. The fourth-order valence-corrected chi connectivity index (χ4v) is 1.57. The van der Waals surface area contributed by atoms with Gasteiger partial charge in [-0.3, -0.25) is 4.79 Å². The summed E-state index contributed by atoms with van der Waals surface area (Å²) in [4.78, 5) is 22.1. The van der Waals surface area contributed by atoms with Gasteiger partial charge in [-0.05, 0) is 25.0 Å². The molecule has 5 nitrogen and oxygen atoms in total. The lowest BCUT2D eigenvalue weighted by Crippen LogP contribution is -2.30. The van der Waals surface area contributed by atoms with Gasteiger partial charge in [-0.2, -0.15) is 0 Å². The van der Waals surface area contributed by atoms with Crippen molar-refractivity contribution >= 4 is 23.7 Å². The van der Waals surface area contributed by atoms with E-state index in [0.29, 0.717) is 12.2 Å². The van der Waals surface area contributed by atoms with Crippen molar-refractivity contribution in [1.29, 1.82) is 0 Å². The molecule has 6 heteroatoms. The molecule has 1 aliphatic carbocycles. The highest BCUT2D eigenvalue weighted by Crippen LogP contribution is 2.22. The molecular weight excluding hydrogens is 246 g/mol. The quantitative estimate of drug-likeness (QED) is 0.619. The number of rotatable bonds is 3. The first-order chi connectivity index (χ1) is 8.02. The third kappa shape index (κ3) is 4.48. The summed E-state index contributed by atoms with van der Waals surface area (Å²) in [6.45, 7) is 1.62. The Morgan fingerprint density at radius 1 is 1.59 bits per heavy atom. The van der Waals surface area contributed by atoms with E-state index in [0.717, 1.165) is 5.57 Å². The third-order valence-corrected chi connectivity index (χ3v) is 2.49. The summed E-state index contributed by atoms with van der Waals surface area (Å²) in [7, 11) is 1.24. The smallest absolute Gasteiger partial charge is 0.413 e. The van der Waals surface area contributed by atoms with Crippen molar-refractivity contribution in [3.8, 4) is 0 Å². The predicted octanol–water partition coefficient (Wildman–Crippen LogP) is 1.73. The summed E-state index contributed by atoms with van der Waals surface area (Å²) in [5.41, 5.74) is 0.890. The first-order valence-electron chi connectivity index (χ1n) is 5.07. The van der Waals surface area contributed by atoms with Gasteiger partial charge in [0, 0.05) is 0 Å². The van der Waals surface area contributed by atoms with E-state index < -0.39 is 12.1 Å². The minimum atomic E-state index is -0.692. The Balaban J connectivity index is 2.44. The normalized spacial score (nSPS) is 18.9. The summed E-state index contributed by atoms with van der Waals surface area (Å²) in [6, 6.07) is 0. The number of nitrogens with one attached hydrogen (secondary N) is 1. The van der Waals surface area contributed by atoms with Crippen molar-refractivity contribution in [1.82, 2.24) is 5.32 Å². The van der Waals surface area contributed by atoms with Crippen molar-refractivity contribution in [2.24, 2.45) is 0 Å². The van der Waals surface area contributed by atoms with Crippen LogP contribution in [0.1, 0.15) is 13.3 Å². The largest absolute Gasteiger partial charge is 0.468 e. The average Bonchev–Trinajstić information content (AvgIpc) is 2.29. The highest BCUT2D eigenvalue weighted by atomic mass is 35.5. The molecule has 0 bridgehead atoms. The lowest BCUT2D eigenvalue weighted by molar-refractivity contribution is -0.139. The number of hydrogen-bond donors (Lipinski definition) is 1. The molecule has 1 amide bonds. The number of allylic oxidation sites excluding steroid dienone is 3. The molecule has 0 aromatic heterocycles. The van der Waals surface area contributed by atoms with Crippen LogP contribution in [-0.2, 0) is 14.3 Å². The Labute approximate surface area is 104 Å². The van der Waals surface area contributed by atoms with E-state index in [1.807, 2.05) is 6.92 Å². The number of amides is 1. The molecule has 0 aliphatic heterocycles. The van der Waals surface area contributed by atoms with Gasteiger partial charge in [0.15, 0.2) is 0 Å². The number of carbonyl (C=O) groups is 2. The van der Waals surface area contributed by atoms with E-state index >= 15 is 0 Å². The molecule has 1 rings (SSSR count). The maximum Gasteiger partial charge on any atom is 0.413 e. The van der Waals surface area contributed by atoms with E-state index in [2.05, 4.69) is 10.1 Å². The fraction of sp³-hybridized carbons (Fsp3) is 0.455. The Kier molecular flexibility index (Phi) is 5.03. The van der Waals surface area contributed by atoms with Crippen molar-refractivity contribution in [2.45, 2.75) is 18.7 Å². The molecule has 0 fully saturated rings.